The maximum atomic E-state index is 13.1. The van der Waals surface area contributed by atoms with Gasteiger partial charge < -0.3 is 20.1 Å². The van der Waals surface area contributed by atoms with E-state index in [1.165, 1.54) is 12.1 Å². The molecule has 26 heavy (non-hydrogen) atoms. The minimum atomic E-state index is -0.704. The summed E-state index contributed by atoms with van der Waals surface area (Å²) in [6, 6.07) is 5.36. The molecule has 0 saturated carbocycles. The average molecular weight is 359 g/mol. The minimum Gasteiger partial charge on any atom is -0.368 e. The fourth-order valence-corrected chi connectivity index (χ4v) is 3.21. The van der Waals surface area contributed by atoms with Crippen molar-refractivity contribution >= 4 is 17.5 Å². The summed E-state index contributed by atoms with van der Waals surface area (Å²) in [7, 11) is 0. The Morgan fingerprint density at radius 1 is 1.27 bits per heavy atom. The lowest BCUT2D eigenvalue weighted by Gasteiger charge is -2.41. The molecule has 7 nitrogen and oxygen atoms in total. The van der Waals surface area contributed by atoms with Crippen molar-refractivity contribution in [3.05, 3.63) is 48.3 Å². The van der Waals surface area contributed by atoms with Gasteiger partial charge in [-0.3, -0.25) is 9.59 Å². The van der Waals surface area contributed by atoms with Gasteiger partial charge in [-0.25, -0.2) is 9.37 Å². The zero-order valence-corrected chi connectivity index (χ0v) is 14.6. The van der Waals surface area contributed by atoms with Crippen molar-refractivity contribution in [3.63, 3.8) is 0 Å². The monoisotopic (exact) mass is 359 g/mol. The highest BCUT2D eigenvalue weighted by molar-refractivity contribution is 5.87. The fraction of sp³-hybridized carbons (Fsp3) is 0.389. The number of rotatable bonds is 5. The number of hydrogen-bond acceptors (Lipinski definition) is 4. The van der Waals surface area contributed by atoms with Gasteiger partial charge in [-0.2, -0.15) is 0 Å². The molecule has 1 unspecified atom stereocenters. The normalized spacial score (nSPS) is 17.4. The van der Waals surface area contributed by atoms with Crippen LogP contribution >= 0.6 is 0 Å². The van der Waals surface area contributed by atoms with Gasteiger partial charge in [0.1, 0.15) is 17.7 Å². The lowest BCUT2D eigenvalue weighted by molar-refractivity contribution is -0.140. The second-order valence-electron chi connectivity index (χ2n) is 6.35. The number of benzene rings is 1. The third-order valence-electron chi connectivity index (χ3n) is 4.71. The van der Waals surface area contributed by atoms with Gasteiger partial charge in [0.05, 0.1) is 0 Å². The van der Waals surface area contributed by atoms with E-state index in [1.807, 2.05) is 22.6 Å². The summed E-state index contributed by atoms with van der Waals surface area (Å²) in [6.07, 6.45) is 3.78. The quantitative estimate of drug-likeness (QED) is 0.860. The van der Waals surface area contributed by atoms with Crippen LogP contribution in [0.5, 0.6) is 0 Å². The Balaban J connectivity index is 1.66. The summed E-state index contributed by atoms with van der Waals surface area (Å²) in [6.45, 7) is 3.64. The Kier molecular flexibility index (Phi) is 5.20. The lowest BCUT2D eigenvalue weighted by Crippen LogP contribution is -2.60. The highest BCUT2D eigenvalue weighted by Crippen LogP contribution is 2.20. The molecule has 0 aliphatic carbocycles. The first-order chi connectivity index (χ1) is 12.5. The number of halogens is 1. The van der Waals surface area contributed by atoms with Crippen LogP contribution in [0.1, 0.15) is 12.2 Å². The number of hydrogen-bond donors (Lipinski definition) is 1. The Morgan fingerprint density at radius 3 is 2.62 bits per heavy atom. The Bertz CT molecular complexity index is 789. The largest absolute Gasteiger partial charge is 0.368 e. The van der Waals surface area contributed by atoms with E-state index in [4.69, 9.17) is 5.73 Å². The third kappa shape index (κ3) is 3.84. The molecule has 1 aromatic carbocycles. The number of nitrogens with zero attached hydrogens (tertiary/aromatic N) is 4. The first kappa shape index (κ1) is 17.9. The summed E-state index contributed by atoms with van der Waals surface area (Å²) < 4.78 is 15.0. The van der Waals surface area contributed by atoms with Crippen LogP contribution in [0.4, 0.5) is 10.1 Å². The molecule has 1 aliphatic rings. The first-order valence-electron chi connectivity index (χ1n) is 8.53. The van der Waals surface area contributed by atoms with E-state index in [-0.39, 0.29) is 18.1 Å². The number of aromatic nitrogens is 2. The molecule has 2 heterocycles. The van der Waals surface area contributed by atoms with Gasteiger partial charge in [-0.05, 0) is 31.2 Å². The second-order valence-corrected chi connectivity index (χ2v) is 6.35. The number of amides is 2. The molecule has 3 rings (SSSR count). The summed E-state index contributed by atoms with van der Waals surface area (Å²) in [5, 5.41) is 0. The predicted octanol–water partition coefficient (Wildman–Crippen LogP) is 0.923. The zero-order chi connectivity index (χ0) is 18.7. The average Bonchev–Trinajstić information content (AvgIpc) is 3.04. The van der Waals surface area contributed by atoms with Gasteiger partial charge in [0.25, 0.3) is 0 Å². The maximum absolute atomic E-state index is 13.1. The molecule has 0 bridgehead atoms. The Hall–Kier alpha value is -2.90. The number of nitrogens with two attached hydrogens (primary N) is 1. The molecule has 8 heteroatoms. The van der Waals surface area contributed by atoms with Gasteiger partial charge in [-0.15, -0.1) is 0 Å². The molecule has 2 aromatic rings. The standard InChI is InChI=1S/C18H22FN5O2/c1-13-21-7-9-22(13)8-6-17(25)24-11-10-23(12-16(24)18(20)26)15-4-2-14(19)3-5-15/h2-5,7,9,16H,6,8,10-12H2,1H3,(H2,20,26). The van der Waals surface area contributed by atoms with Crippen molar-refractivity contribution in [3.8, 4) is 0 Å². The molecule has 2 N–H and O–H groups in total. The van der Waals surface area contributed by atoms with Crippen LogP contribution in [0.25, 0.3) is 0 Å². The molecule has 1 fully saturated rings. The van der Waals surface area contributed by atoms with Gasteiger partial charge in [-0.1, -0.05) is 0 Å². The van der Waals surface area contributed by atoms with Gasteiger partial charge in [0.15, 0.2) is 0 Å². The first-order valence-corrected chi connectivity index (χ1v) is 8.53. The predicted molar refractivity (Wildman–Crippen MR) is 94.9 cm³/mol. The topological polar surface area (TPSA) is 84.5 Å². The zero-order valence-electron chi connectivity index (χ0n) is 14.6. The van der Waals surface area contributed by atoms with E-state index in [0.717, 1.165) is 11.5 Å². The lowest BCUT2D eigenvalue weighted by atomic mass is 10.1. The highest BCUT2D eigenvalue weighted by atomic mass is 19.1. The summed E-state index contributed by atoms with van der Waals surface area (Å²) in [5.41, 5.74) is 6.34. The summed E-state index contributed by atoms with van der Waals surface area (Å²) >= 11 is 0. The van der Waals surface area contributed by atoms with Crippen LogP contribution in [0, 0.1) is 12.7 Å². The van der Waals surface area contributed by atoms with Crippen LogP contribution in [-0.2, 0) is 16.1 Å². The van der Waals surface area contributed by atoms with Crippen molar-refractivity contribution in [1.82, 2.24) is 14.5 Å². The van der Waals surface area contributed by atoms with E-state index in [2.05, 4.69) is 4.98 Å². The summed E-state index contributed by atoms with van der Waals surface area (Å²) in [5.74, 6) is -0.126. The molecule has 138 valence electrons. The number of piperazine rings is 1. The van der Waals surface area contributed by atoms with Gasteiger partial charge in [0, 0.05) is 50.7 Å². The number of aryl methyl sites for hydroxylation is 2. The smallest absolute Gasteiger partial charge is 0.242 e. The molecule has 1 atom stereocenters. The van der Waals surface area contributed by atoms with Crippen LogP contribution < -0.4 is 10.6 Å². The molecule has 2 amide bonds. The Morgan fingerprint density at radius 2 is 2.00 bits per heavy atom. The van der Waals surface area contributed by atoms with Crippen molar-refractivity contribution < 1.29 is 14.0 Å². The molecular weight excluding hydrogens is 337 g/mol. The van der Waals surface area contributed by atoms with Gasteiger partial charge >= 0.3 is 0 Å². The van der Waals surface area contributed by atoms with Crippen molar-refractivity contribution in [2.45, 2.75) is 25.9 Å². The van der Waals surface area contributed by atoms with Crippen molar-refractivity contribution in [2.75, 3.05) is 24.5 Å². The SMILES string of the molecule is Cc1nccn1CCC(=O)N1CCN(c2ccc(F)cc2)CC1C(N)=O. The molecule has 1 saturated heterocycles. The van der Waals surface area contributed by atoms with Crippen LogP contribution in [0.15, 0.2) is 36.7 Å². The number of anilines is 1. The van der Waals surface area contributed by atoms with Crippen LogP contribution in [0.3, 0.4) is 0 Å². The summed E-state index contributed by atoms with van der Waals surface area (Å²) in [4.78, 5) is 32.2. The van der Waals surface area contributed by atoms with E-state index in [1.54, 1.807) is 23.2 Å². The van der Waals surface area contributed by atoms with Gasteiger partial charge in [0.2, 0.25) is 11.8 Å². The maximum Gasteiger partial charge on any atom is 0.242 e. The molecule has 0 radical (unpaired) electrons. The number of primary amides is 1. The number of carbonyl (C=O) groups is 2. The van der Waals surface area contributed by atoms with E-state index in [0.29, 0.717) is 26.2 Å². The molecule has 1 aliphatic heterocycles. The molecular formula is C18H22FN5O2. The van der Waals surface area contributed by atoms with Crippen molar-refractivity contribution in [1.29, 1.82) is 0 Å². The van der Waals surface area contributed by atoms with E-state index >= 15 is 0 Å². The fourth-order valence-electron chi connectivity index (χ4n) is 3.21. The second kappa shape index (κ2) is 7.55. The molecule has 0 spiro atoms. The highest BCUT2D eigenvalue weighted by Gasteiger charge is 2.34. The number of imidazole rings is 1. The number of carbonyl (C=O) groups excluding carboxylic acids is 2. The van der Waals surface area contributed by atoms with Crippen molar-refractivity contribution in [2.24, 2.45) is 5.73 Å². The van der Waals surface area contributed by atoms with E-state index in [9.17, 15) is 14.0 Å². The van der Waals surface area contributed by atoms with Crippen LogP contribution in [0.2, 0.25) is 0 Å². The minimum absolute atomic E-state index is 0.111. The van der Waals surface area contributed by atoms with Crippen LogP contribution in [-0.4, -0.2) is 51.9 Å². The van der Waals surface area contributed by atoms with E-state index < -0.39 is 11.9 Å². The molecule has 1 aromatic heterocycles. The Labute approximate surface area is 151 Å². The third-order valence-corrected chi connectivity index (χ3v) is 4.71.